The predicted molar refractivity (Wildman–Crippen MR) is 60.1 cm³/mol. The van der Waals surface area contributed by atoms with Crippen LogP contribution in [0.25, 0.3) is 0 Å². The van der Waals surface area contributed by atoms with E-state index in [4.69, 9.17) is 0 Å². The molecule has 0 unspecified atom stereocenters. The summed E-state index contributed by atoms with van der Waals surface area (Å²) in [6, 6.07) is 7.62. The molecule has 1 aromatic rings. The Hall–Kier alpha value is -1.69. The van der Waals surface area contributed by atoms with E-state index in [0.717, 1.165) is 7.11 Å². The minimum Gasteiger partial charge on any atom is -0.469 e. The van der Waals surface area contributed by atoms with Crippen molar-refractivity contribution in [3.8, 4) is 0 Å². The summed E-state index contributed by atoms with van der Waals surface area (Å²) in [5.74, 6) is -2.11. The van der Waals surface area contributed by atoms with Gasteiger partial charge in [-0.2, -0.15) is 0 Å². The van der Waals surface area contributed by atoms with Gasteiger partial charge in [-0.3, -0.25) is 9.59 Å². The molecule has 0 N–H and O–H groups in total. The summed E-state index contributed by atoms with van der Waals surface area (Å²) in [7, 11) is -2.53. The zero-order chi connectivity index (χ0) is 12.9. The molecule has 92 valence electrons. The number of esters is 1. The molecule has 0 saturated heterocycles. The highest BCUT2D eigenvalue weighted by molar-refractivity contribution is 7.92. The highest BCUT2D eigenvalue weighted by Gasteiger charge is 2.20. The minimum absolute atomic E-state index is 0.0678. The topological polar surface area (TPSA) is 77.5 Å². The van der Waals surface area contributed by atoms with Gasteiger partial charge in [-0.1, -0.05) is 18.2 Å². The van der Waals surface area contributed by atoms with E-state index in [9.17, 15) is 18.0 Å². The van der Waals surface area contributed by atoms with Gasteiger partial charge in [0, 0.05) is 0 Å². The quantitative estimate of drug-likeness (QED) is 0.569. The fourth-order valence-corrected chi connectivity index (χ4v) is 2.47. The van der Waals surface area contributed by atoms with Crippen LogP contribution in [0, 0.1) is 0 Å². The lowest BCUT2D eigenvalue weighted by Crippen LogP contribution is -2.19. The smallest absolute Gasteiger partial charge is 0.313 e. The average molecular weight is 256 g/mol. The lowest BCUT2D eigenvalue weighted by Gasteiger charge is -2.03. The van der Waals surface area contributed by atoms with E-state index in [1.165, 1.54) is 12.1 Å². The molecule has 0 aliphatic heterocycles. The van der Waals surface area contributed by atoms with Crippen LogP contribution in [0.15, 0.2) is 35.2 Å². The van der Waals surface area contributed by atoms with Gasteiger partial charge < -0.3 is 4.74 Å². The first-order valence-electron chi connectivity index (χ1n) is 4.82. The van der Waals surface area contributed by atoms with Crippen LogP contribution in [0.5, 0.6) is 0 Å². The van der Waals surface area contributed by atoms with E-state index in [2.05, 4.69) is 4.74 Å². The molecule has 1 rings (SSSR count). The number of Topliss-reactive ketones (excluding diaryl/α,β-unsaturated/α-hetero) is 1. The summed E-state index contributed by atoms with van der Waals surface area (Å²) in [6.07, 6.45) is -0.525. The predicted octanol–water partition coefficient (Wildman–Crippen LogP) is 0.592. The van der Waals surface area contributed by atoms with Gasteiger partial charge in [-0.15, -0.1) is 0 Å². The number of hydrogen-bond acceptors (Lipinski definition) is 5. The van der Waals surface area contributed by atoms with Crippen molar-refractivity contribution in [2.75, 3.05) is 12.9 Å². The van der Waals surface area contributed by atoms with Gasteiger partial charge in [-0.05, 0) is 12.1 Å². The van der Waals surface area contributed by atoms with E-state index >= 15 is 0 Å². The molecule has 0 amide bonds. The van der Waals surface area contributed by atoms with Crippen molar-refractivity contribution >= 4 is 21.6 Å². The molecule has 0 radical (unpaired) electrons. The first-order chi connectivity index (χ1) is 7.95. The van der Waals surface area contributed by atoms with Crippen LogP contribution < -0.4 is 0 Å². The van der Waals surface area contributed by atoms with E-state index in [0.29, 0.717) is 0 Å². The maximum Gasteiger partial charge on any atom is 0.313 e. The zero-order valence-electron chi connectivity index (χ0n) is 9.25. The van der Waals surface area contributed by atoms with Crippen molar-refractivity contribution in [1.82, 2.24) is 0 Å². The fourth-order valence-electron chi connectivity index (χ4n) is 1.21. The van der Waals surface area contributed by atoms with Crippen LogP contribution in [0.2, 0.25) is 0 Å². The highest BCUT2D eigenvalue weighted by Crippen LogP contribution is 2.10. The SMILES string of the molecule is COC(=O)CC(=O)CS(=O)(=O)c1ccccc1. The summed E-state index contributed by atoms with van der Waals surface area (Å²) in [5, 5.41) is 0. The fraction of sp³-hybridized carbons (Fsp3) is 0.273. The maximum atomic E-state index is 11.7. The number of ketones is 1. The van der Waals surface area contributed by atoms with Gasteiger partial charge in [0.2, 0.25) is 0 Å². The Morgan fingerprint density at radius 3 is 2.29 bits per heavy atom. The number of hydrogen-bond donors (Lipinski definition) is 0. The normalized spacial score (nSPS) is 10.9. The summed E-state index contributed by atoms with van der Waals surface area (Å²) < 4.78 is 27.8. The van der Waals surface area contributed by atoms with Crippen LogP contribution in [0.1, 0.15) is 6.42 Å². The molecule has 17 heavy (non-hydrogen) atoms. The largest absolute Gasteiger partial charge is 0.469 e. The molecule has 0 fully saturated rings. The molecule has 0 aliphatic rings. The Bertz CT molecular complexity index is 504. The van der Waals surface area contributed by atoms with Gasteiger partial charge in [0.15, 0.2) is 15.6 Å². The number of methoxy groups -OCH3 is 1. The van der Waals surface area contributed by atoms with Crippen molar-refractivity contribution in [2.45, 2.75) is 11.3 Å². The minimum atomic E-state index is -3.67. The summed E-state index contributed by atoms with van der Waals surface area (Å²) in [4.78, 5) is 22.2. The Kier molecular flexibility index (Phi) is 4.39. The van der Waals surface area contributed by atoms with Crippen LogP contribution in [0.3, 0.4) is 0 Å². The van der Waals surface area contributed by atoms with Crippen LogP contribution in [0.4, 0.5) is 0 Å². The van der Waals surface area contributed by atoms with Crippen molar-refractivity contribution < 1.29 is 22.7 Å². The molecule has 0 spiro atoms. The second-order valence-electron chi connectivity index (χ2n) is 3.36. The van der Waals surface area contributed by atoms with Crippen LogP contribution in [-0.4, -0.2) is 33.0 Å². The number of carbonyl (C=O) groups is 2. The third-order valence-electron chi connectivity index (χ3n) is 2.02. The van der Waals surface area contributed by atoms with Gasteiger partial charge in [0.1, 0.15) is 12.2 Å². The lowest BCUT2D eigenvalue weighted by atomic mass is 10.3. The maximum absolute atomic E-state index is 11.7. The highest BCUT2D eigenvalue weighted by atomic mass is 32.2. The molecule has 0 atom stereocenters. The molecule has 0 saturated carbocycles. The van der Waals surface area contributed by atoms with Gasteiger partial charge in [0.25, 0.3) is 0 Å². The molecule has 0 aliphatic carbocycles. The first kappa shape index (κ1) is 13.4. The number of sulfone groups is 1. The summed E-state index contributed by atoms with van der Waals surface area (Å²) in [6.45, 7) is 0. The second-order valence-corrected chi connectivity index (χ2v) is 5.35. The standard InChI is InChI=1S/C11H12O5S/c1-16-11(13)7-9(12)8-17(14,15)10-5-3-2-4-6-10/h2-6H,7-8H2,1H3. The third kappa shape index (κ3) is 3.99. The Labute approximate surface area is 99.3 Å². The molecule has 1 aromatic carbocycles. The zero-order valence-corrected chi connectivity index (χ0v) is 10.1. The second kappa shape index (κ2) is 5.58. The van der Waals surface area contributed by atoms with Crippen molar-refractivity contribution in [3.05, 3.63) is 30.3 Å². The molecule has 0 heterocycles. The number of ether oxygens (including phenoxy) is 1. The average Bonchev–Trinajstić information content (AvgIpc) is 2.29. The summed E-state index contributed by atoms with van der Waals surface area (Å²) >= 11 is 0. The third-order valence-corrected chi connectivity index (χ3v) is 3.71. The van der Waals surface area contributed by atoms with Gasteiger partial charge >= 0.3 is 5.97 Å². The lowest BCUT2D eigenvalue weighted by molar-refractivity contribution is -0.142. The number of carbonyl (C=O) groups excluding carboxylic acids is 2. The Morgan fingerprint density at radius 1 is 1.18 bits per heavy atom. The monoisotopic (exact) mass is 256 g/mol. The van der Waals surface area contributed by atoms with Crippen LogP contribution >= 0.6 is 0 Å². The molecule has 5 nitrogen and oxygen atoms in total. The molecule has 0 aromatic heterocycles. The first-order valence-corrected chi connectivity index (χ1v) is 6.47. The van der Waals surface area contributed by atoms with E-state index in [1.807, 2.05) is 0 Å². The van der Waals surface area contributed by atoms with Gasteiger partial charge in [0.05, 0.1) is 12.0 Å². The van der Waals surface area contributed by atoms with E-state index in [1.54, 1.807) is 18.2 Å². The Balaban J connectivity index is 2.75. The molecule has 6 heteroatoms. The molecular formula is C11H12O5S. The van der Waals surface area contributed by atoms with Crippen molar-refractivity contribution in [2.24, 2.45) is 0 Å². The van der Waals surface area contributed by atoms with E-state index in [-0.39, 0.29) is 4.90 Å². The number of benzene rings is 1. The summed E-state index contributed by atoms with van der Waals surface area (Å²) in [5.41, 5.74) is 0. The van der Waals surface area contributed by atoms with Crippen molar-refractivity contribution in [1.29, 1.82) is 0 Å². The molecular weight excluding hydrogens is 244 g/mol. The van der Waals surface area contributed by atoms with E-state index < -0.39 is 33.8 Å². The van der Waals surface area contributed by atoms with Crippen LogP contribution in [-0.2, 0) is 24.2 Å². The molecule has 0 bridgehead atoms. The van der Waals surface area contributed by atoms with Crippen molar-refractivity contribution in [3.63, 3.8) is 0 Å². The number of rotatable bonds is 5. The Morgan fingerprint density at radius 2 is 1.76 bits per heavy atom. The van der Waals surface area contributed by atoms with Gasteiger partial charge in [-0.25, -0.2) is 8.42 Å².